The summed E-state index contributed by atoms with van der Waals surface area (Å²) in [7, 11) is 0. The Morgan fingerprint density at radius 1 is 1.33 bits per heavy atom. The van der Waals surface area contributed by atoms with Gasteiger partial charge in [0.25, 0.3) is 0 Å². The van der Waals surface area contributed by atoms with Crippen LogP contribution in [-0.4, -0.2) is 33.6 Å². The molecule has 0 saturated heterocycles. The van der Waals surface area contributed by atoms with E-state index in [9.17, 15) is 15.3 Å². The van der Waals surface area contributed by atoms with E-state index in [0.717, 1.165) is 36.8 Å². The number of hydrogen-bond acceptors (Lipinski definition) is 3. The van der Waals surface area contributed by atoms with E-state index in [0.29, 0.717) is 18.8 Å². The molecule has 3 rings (SSSR count). The van der Waals surface area contributed by atoms with Crippen LogP contribution in [-0.2, 0) is 0 Å². The molecular formula is C21H30O3. The van der Waals surface area contributed by atoms with E-state index < -0.39 is 12.2 Å². The monoisotopic (exact) mass is 330 g/mol. The minimum atomic E-state index is -0.634. The van der Waals surface area contributed by atoms with Crippen LogP contribution < -0.4 is 0 Å². The highest BCUT2D eigenvalue weighted by Crippen LogP contribution is 2.55. The van der Waals surface area contributed by atoms with Crippen molar-refractivity contribution in [1.29, 1.82) is 0 Å². The lowest BCUT2D eigenvalue weighted by atomic mass is 9.63. The van der Waals surface area contributed by atoms with Gasteiger partial charge in [0.1, 0.15) is 0 Å². The van der Waals surface area contributed by atoms with E-state index in [1.807, 2.05) is 6.92 Å². The van der Waals surface area contributed by atoms with E-state index in [-0.39, 0.29) is 11.5 Å². The van der Waals surface area contributed by atoms with Crippen LogP contribution in [0.25, 0.3) is 0 Å². The van der Waals surface area contributed by atoms with Gasteiger partial charge in [-0.05, 0) is 67.1 Å². The molecule has 5 atom stereocenters. The first-order chi connectivity index (χ1) is 11.3. The third-order valence-corrected chi connectivity index (χ3v) is 6.33. The zero-order valence-corrected chi connectivity index (χ0v) is 14.8. The van der Waals surface area contributed by atoms with Gasteiger partial charge in [0.05, 0.1) is 18.3 Å². The maximum atomic E-state index is 10.1. The summed E-state index contributed by atoms with van der Waals surface area (Å²) in [6.07, 6.45) is 10.3. The molecular weight excluding hydrogens is 300 g/mol. The molecule has 0 spiro atoms. The molecule has 132 valence electrons. The molecule has 24 heavy (non-hydrogen) atoms. The predicted octanol–water partition coefficient (Wildman–Crippen LogP) is 3.43. The Morgan fingerprint density at radius 3 is 2.79 bits per heavy atom. The Morgan fingerprint density at radius 2 is 2.08 bits per heavy atom. The van der Waals surface area contributed by atoms with Gasteiger partial charge in [-0.3, -0.25) is 0 Å². The third kappa shape index (κ3) is 3.05. The number of rotatable bonds is 2. The summed E-state index contributed by atoms with van der Waals surface area (Å²) >= 11 is 0. The highest BCUT2D eigenvalue weighted by Gasteiger charge is 2.45. The molecule has 3 aliphatic rings. The fourth-order valence-electron chi connectivity index (χ4n) is 4.96. The first kappa shape index (κ1) is 17.7. The second kappa shape index (κ2) is 6.62. The summed E-state index contributed by atoms with van der Waals surface area (Å²) < 4.78 is 0. The van der Waals surface area contributed by atoms with Crippen LogP contribution in [0.4, 0.5) is 0 Å². The van der Waals surface area contributed by atoms with E-state index in [4.69, 9.17) is 0 Å². The molecule has 3 N–H and O–H groups in total. The van der Waals surface area contributed by atoms with Crippen molar-refractivity contribution >= 4 is 0 Å². The van der Waals surface area contributed by atoms with Crippen LogP contribution in [0.5, 0.6) is 0 Å². The molecule has 0 bridgehead atoms. The molecule has 0 radical (unpaired) electrons. The Bertz CT molecular complexity index is 611. The molecule has 0 heterocycles. The molecule has 1 unspecified atom stereocenters. The number of allylic oxidation sites excluding steroid dienone is 4. The van der Waals surface area contributed by atoms with Crippen LogP contribution in [0.3, 0.4) is 0 Å². The second-order valence-electron chi connectivity index (χ2n) is 7.96. The van der Waals surface area contributed by atoms with Crippen molar-refractivity contribution < 1.29 is 15.3 Å². The van der Waals surface area contributed by atoms with Gasteiger partial charge < -0.3 is 15.3 Å². The molecule has 0 amide bonds. The summed E-state index contributed by atoms with van der Waals surface area (Å²) in [6.45, 7) is 8.15. The first-order valence-electron chi connectivity index (χ1n) is 9.16. The van der Waals surface area contributed by atoms with Gasteiger partial charge in [-0.25, -0.2) is 0 Å². The van der Waals surface area contributed by atoms with Gasteiger partial charge in [0.2, 0.25) is 0 Å². The van der Waals surface area contributed by atoms with Gasteiger partial charge in [0, 0.05) is 6.42 Å². The minimum absolute atomic E-state index is 0.0688. The Hall–Kier alpha value is -1.16. The first-order valence-corrected chi connectivity index (χ1v) is 9.16. The highest BCUT2D eigenvalue weighted by molar-refractivity contribution is 5.40. The predicted molar refractivity (Wildman–Crippen MR) is 96.4 cm³/mol. The molecule has 0 aromatic carbocycles. The minimum Gasteiger partial charge on any atom is -0.393 e. The summed E-state index contributed by atoms with van der Waals surface area (Å²) in [5.74, 6) is 0.458. The van der Waals surface area contributed by atoms with Crippen LogP contribution in [0.15, 0.2) is 47.1 Å². The number of fused-ring (bicyclic) bond motifs is 1. The lowest BCUT2D eigenvalue weighted by Crippen LogP contribution is -2.33. The maximum absolute atomic E-state index is 10.1. The van der Waals surface area contributed by atoms with Crippen molar-refractivity contribution in [2.75, 3.05) is 0 Å². The zero-order valence-electron chi connectivity index (χ0n) is 14.8. The fourth-order valence-corrected chi connectivity index (χ4v) is 4.96. The van der Waals surface area contributed by atoms with Crippen molar-refractivity contribution in [3.8, 4) is 0 Å². The van der Waals surface area contributed by atoms with Crippen molar-refractivity contribution in [2.45, 2.75) is 70.7 Å². The fraction of sp³-hybridized carbons (Fsp3) is 0.619. The van der Waals surface area contributed by atoms with Crippen LogP contribution >= 0.6 is 0 Å². The Balaban J connectivity index is 1.84. The van der Waals surface area contributed by atoms with Gasteiger partial charge in [-0.15, -0.1) is 0 Å². The molecule has 2 fully saturated rings. The zero-order chi connectivity index (χ0) is 17.5. The lowest BCUT2D eigenvalue weighted by Gasteiger charge is -2.41. The van der Waals surface area contributed by atoms with E-state index in [1.54, 1.807) is 0 Å². The lowest BCUT2D eigenvalue weighted by molar-refractivity contribution is 0.0862. The standard InChI is InChI=1S/C21H30O3/c1-13-16(11-17(23)12-20(13)24)7-6-15-5-4-10-21(3)18(14(2)22)8-9-19(15)21/h6-8,14,17,19-20,22-24H,1,4-5,9-12H2,2-3H3/b15-6+,16-7-/t14-,17+,19?,20-,21+/m0/s1. The molecule has 0 aromatic heterocycles. The second-order valence-corrected chi connectivity index (χ2v) is 7.96. The van der Waals surface area contributed by atoms with E-state index >= 15 is 0 Å². The summed E-state index contributed by atoms with van der Waals surface area (Å²) in [4.78, 5) is 0. The Kier molecular flexibility index (Phi) is 4.87. The number of aliphatic hydroxyl groups is 3. The van der Waals surface area contributed by atoms with Crippen LogP contribution in [0.1, 0.15) is 52.4 Å². The summed E-state index contributed by atoms with van der Waals surface area (Å²) in [5.41, 5.74) is 4.39. The molecule has 2 saturated carbocycles. The summed E-state index contributed by atoms with van der Waals surface area (Å²) in [6, 6.07) is 0. The molecule has 3 heteroatoms. The van der Waals surface area contributed by atoms with Gasteiger partial charge in [0.15, 0.2) is 0 Å². The number of hydrogen-bond donors (Lipinski definition) is 3. The Labute approximate surface area is 145 Å². The van der Waals surface area contributed by atoms with Crippen LogP contribution in [0.2, 0.25) is 0 Å². The smallest absolute Gasteiger partial charge is 0.0811 e. The van der Waals surface area contributed by atoms with Crippen molar-refractivity contribution in [1.82, 2.24) is 0 Å². The van der Waals surface area contributed by atoms with Crippen molar-refractivity contribution in [3.05, 3.63) is 47.1 Å². The third-order valence-electron chi connectivity index (χ3n) is 6.33. The van der Waals surface area contributed by atoms with Crippen molar-refractivity contribution in [3.63, 3.8) is 0 Å². The molecule has 3 aliphatic carbocycles. The number of aliphatic hydroxyl groups excluding tert-OH is 3. The topological polar surface area (TPSA) is 60.7 Å². The van der Waals surface area contributed by atoms with Gasteiger partial charge in [-0.1, -0.05) is 37.3 Å². The normalized spacial score (nSPS) is 41.5. The highest BCUT2D eigenvalue weighted by atomic mass is 16.3. The van der Waals surface area contributed by atoms with Gasteiger partial charge >= 0.3 is 0 Å². The molecule has 0 aliphatic heterocycles. The van der Waals surface area contributed by atoms with E-state index in [1.165, 1.54) is 11.1 Å². The van der Waals surface area contributed by atoms with Crippen molar-refractivity contribution in [2.24, 2.45) is 11.3 Å². The van der Waals surface area contributed by atoms with Gasteiger partial charge in [-0.2, -0.15) is 0 Å². The average Bonchev–Trinajstić information content (AvgIpc) is 2.87. The maximum Gasteiger partial charge on any atom is 0.0811 e. The van der Waals surface area contributed by atoms with Crippen LogP contribution in [0, 0.1) is 11.3 Å². The molecule has 0 aromatic rings. The molecule has 3 nitrogen and oxygen atoms in total. The largest absolute Gasteiger partial charge is 0.393 e. The summed E-state index contributed by atoms with van der Waals surface area (Å²) in [5, 5.41) is 30.0. The SMILES string of the molecule is C=C1/C(=C\C=C2/CCC[C@]3(C)C([C@H](C)O)=CCC23)C[C@@H](O)C[C@@H]1O. The quantitative estimate of drug-likeness (QED) is 0.680. The average molecular weight is 330 g/mol. The van der Waals surface area contributed by atoms with E-state index in [2.05, 4.69) is 31.7 Å².